The van der Waals surface area contributed by atoms with Gasteiger partial charge in [0.2, 0.25) is 0 Å². The molecule has 0 aliphatic carbocycles. The van der Waals surface area contributed by atoms with E-state index in [1.165, 1.54) is 0 Å². The maximum atomic E-state index is 10.5. The van der Waals surface area contributed by atoms with Gasteiger partial charge in [-0.15, -0.1) is 0 Å². The first kappa shape index (κ1) is 14.9. The average molecular weight is 281 g/mol. The molecular formula is C12H20BN3O4. The van der Waals surface area contributed by atoms with Crippen LogP contribution >= 0.6 is 0 Å². The van der Waals surface area contributed by atoms with Crippen LogP contribution in [0.5, 0.6) is 0 Å². The number of carbonyl (C=O) groups excluding carboxylic acids is 1. The third kappa shape index (κ3) is 2.96. The fraction of sp³-hybridized carbons (Fsp3) is 0.667. The molecule has 0 atom stereocenters. The van der Waals surface area contributed by atoms with Crippen molar-refractivity contribution >= 4 is 18.7 Å². The van der Waals surface area contributed by atoms with Gasteiger partial charge >= 0.3 is 13.2 Å². The van der Waals surface area contributed by atoms with E-state index in [1.54, 1.807) is 10.9 Å². The van der Waals surface area contributed by atoms with E-state index in [0.717, 1.165) is 5.46 Å². The smallest absolute Gasteiger partial charge is 0.448 e. The highest BCUT2D eigenvalue weighted by Crippen LogP contribution is 2.36. The molecule has 2 heterocycles. The molecule has 7 nitrogen and oxygen atoms in total. The second-order valence-corrected chi connectivity index (χ2v) is 5.79. The lowest BCUT2D eigenvalue weighted by atomic mass is 9.82. The van der Waals surface area contributed by atoms with Crippen molar-refractivity contribution in [1.82, 2.24) is 9.78 Å². The summed E-state index contributed by atoms with van der Waals surface area (Å²) in [6.45, 7) is 8.61. The van der Waals surface area contributed by atoms with Crippen LogP contribution in [0.3, 0.4) is 0 Å². The maximum Gasteiger partial charge on any atom is 0.498 e. The molecule has 0 spiro atoms. The molecule has 1 aliphatic rings. The van der Waals surface area contributed by atoms with Crippen LogP contribution in [-0.2, 0) is 20.6 Å². The van der Waals surface area contributed by atoms with Crippen molar-refractivity contribution in [2.75, 3.05) is 6.61 Å². The van der Waals surface area contributed by atoms with Crippen LogP contribution in [0.4, 0.5) is 4.79 Å². The summed E-state index contributed by atoms with van der Waals surface area (Å²) >= 11 is 0. The Kier molecular flexibility index (Phi) is 3.79. The van der Waals surface area contributed by atoms with E-state index < -0.39 is 13.2 Å². The summed E-state index contributed by atoms with van der Waals surface area (Å²) in [5.41, 5.74) is 4.97. The van der Waals surface area contributed by atoms with Gasteiger partial charge in [0.1, 0.15) is 6.61 Å². The number of carbonyl (C=O) groups is 1. The molecule has 1 fully saturated rings. The molecule has 1 aromatic heterocycles. The Balaban J connectivity index is 1.98. The zero-order valence-corrected chi connectivity index (χ0v) is 12.3. The number of rotatable bonds is 4. The van der Waals surface area contributed by atoms with Gasteiger partial charge < -0.3 is 19.8 Å². The zero-order valence-electron chi connectivity index (χ0n) is 12.3. The molecule has 0 radical (unpaired) electrons. The lowest BCUT2D eigenvalue weighted by Crippen LogP contribution is -2.41. The molecule has 1 amide bonds. The first-order valence-corrected chi connectivity index (χ1v) is 6.51. The Labute approximate surface area is 118 Å². The number of nitrogens with zero attached hydrogens (tertiary/aromatic N) is 2. The number of amides is 1. The fourth-order valence-corrected chi connectivity index (χ4v) is 1.84. The third-order valence-corrected chi connectivity index (χ3v) is 3.74. The molecule has 2 rings (SSSR count). The van der Waals surface area contributed by atoms with Gasteiger partial charge in [-0.25, -0.2) is 4.79 Å². The Hall–Kier alpha value is -1.54. The number of primary amides is 1. The Bertz CT molecular complexity index is 485. The second kappa shape index (κ2) is 5.10. The van der Waals surface area contributed by atoms with Crippen molar-refractivity contribution in [2.45, 2.75) is 45.4 Å². The highest BCUT2D eigenvalue weighted by molar-refractivity contribution is 6.61. The molecule has 0 aromatic carbocycles. The van der Waals surface area contributed by atoms with Crippen molar-refractivity contribution < 1.29 is 18.8 Å². The van der Waals surface area contributed by atoms with E-state index >= 15 is 0 Å². The maximum absolute atomic E-state index is 10.5. The van der Waals surface area contributed by atoms with Gasteiger partial charge in [0.15, 0.2) is 0 Å². The largest absolute Gasteiger partial charge is 0.498 e. The van der Waals surface area contributed by atoms with E-state index in [4.69, 9.17) is 15.0 Å². The summed E-state index contributed by atoms with van der Waals surface area (Å²) < 4.78 is 18.2. The molecule has 20 heavy (non-hydrogen) atoms. The Morgan fingerprint density at radius 1 is 1.40 bits per heavy atom. The predicted molar refractivity (Wildman–Crippen MR) is 73.5 cm³/mol. The first-order chi connectivity index (χ1) is 9.21. The molecule has 2 N–H and O–H groups in total. The SMILES string of the molecule is CC1(C)OB(c2cnn(CCOC(N)=O)c2)OC1(C)C. The minimum absolute atomic E-state index is 0.180. The highest BCUT2D eigenvalue weighted by atomic mass is 16.7. The fourth-order valence-electron chi connectivity index (χ4n) is 1.84. The molecule has 110 valence electrons. The summed E-state index contributed by atoms with van der Waals surface area (Å²) in [5, 5.41) is 4.18. The van der Waals surface area contributed by atoms with Gasteiger partial charge in [-0.1, -0.05) is 0 Å². The highest BCUT2D eigenvalue weighted by Gasteiger charge is 2.52. The van der Waals surface area contributed by atoms with Crippen molar-refractivity contribution in [3.8, 4) is 0 Å². The number of hydrogen-bond donors (Lipinski definition) is 1. The number of aromatic nitrogens is 2. The van der Waals surface area contributed by atoms with Crippen molar-refractivity contribution in [3.63, 3.8) is 0 Å². The molecule has 1 aliphatic heterocycles. The quantitative estimate of drug-likeness (QED) is 0.801. The van der Waals surface area contributed by atoms with Gasteiger partial charge in [0.05, 0.1) is 17.7 Å². The van der Waals surface area contributed by atoms with Crippen LogP contribution in [0.25, 0.3) is 0 Å². The van der Waals surface area contributed by atoms with Gasteiger partial charge in [0.25, 0.3) is 0 Å². The Morgan fingerprint density at radius 3 is 2.55 bits per heavy atom. The Morgan fingerprint density at radius 2 is 2.00 bits per heavy atom. The van der Waals surface area contributed by atoms with Crippen molar-refractivity contribution in [1.29, 1.82) is 0 Å². The molecule has 0 unspecified atom stereocenters. The van der Waals surface area contributed by atoms with Crippen molar-refractivity contribution in [2.24, 2.45) is 5.73 Å². The zero-order chi connectivity index (χ0) is 15.0. The number of hydrogen-bond acceptors (Lipinski definition) is 5. The van der Waals surface area contributed by atoms with Crippen LogP contribution in [0, 0.1) is 0 Å². The average Bonchev–Trinajstić information content (AvgIpc) is 2.82. The summed E-state index contributed by atoms with van der Waals surface area (Å²) in [4.78, 5) is 10.5. The predicted octanol–water partition coefficient (Wildman–Crippen LogP) is 0.278. The second-order valence-electron chi connectivity index (χ2n) is 5.79. The lowest BCUT2D eigenvalue weighted by Gasteiger charge is -2.32. The summed E-state index contributed by atoms with van der Waals surface area (Å²) in [5.74, 6) is 0. The van der Waals surface area contributed by atoms with Crippen LogP contribution in [0.2, 0.25) is 0 Å². The van der Waals surface area contributed by atoms with Crippen LogP contribution in [0.15, 0.2) is 12.4 Å². The van der Waals surface area contributed by atoms with Crippen LogP contribution in [0.1, 0.15) is 27.7 Å². The van der Waals surface area contributed by atoms with Gasteiger partial charge in [-0.2, -0.15) is 5.10 Å². The lowest BCUT2D eigenvalue weighted by molar-refractivity contribution is 0.00578. The van der Waals surface area contributed by atoms with Gasteiger partial charge in [0, 0.05) is 17.9 Å². The van der Waals surface area contributed by atoms with E-state index in [-0.39, 0.29) is 17.8 Å². The molecule has 1 saturated heterocycles. The molecule has 0 saturated carbocycles. The van der Waals surface area contributed by atoms with E-state index in [9.17, 15) is 4.79 Å². The minimum atomic E-state index is -0.789. The van der Waals surface area contributed by atoms with E-state index in [2.05, 4.69) is 9.84 Å². The number of nitrogens with two attached hydrogens (primary N) is 1. The van der Waals surface area contributed by atoms with E-state index in [0.29, 0.717) is 6.54 Å². The normalized spacial score (nSPS) is 20.1. The van der Waals surface area contributed by atoms with Crippen LogP contribution in [-0.4, -0.2) is 40.8 Å². The number of ether oxygens (including phenoxy) is 1. The third-order valence-electron chi connectivity index (χ3n) is 3.74. The van der Waals surface area contributed by atoms with Crippen LogP contribution < -0.4 is 11.2 Å². The minimum Gasteiger partial charge on any atom is -0.448 e. The first-order valence-electron chi connectivity index (χ1n) is 6.51. The van der Waals surface area contributed by atoms with Gasteiger partial charge in [-0.3, -0.25) is 4.68 Å². The standard InChI is InChI=1S/C12H20BN3O4/c1-11(2)12(3,4)20-13(19-11)9-7-15-16(8-9)5-6-18-10(14)17/h7-8H,5-6H2,1-4H3,(H2,14,17). The summed E-state index contributed by atoms with van der Waals surface area (Å²) in [7, 11) is -0.439. The monoisotopic (exact) mass is 281 g/mol. The summed E-state index contributed by atoms with van der Waals surface area (Å²) in [6.07, 6.45) is 2.71. The molecule has 0 bridgehead atoms. The molecule has 8 heteroatoms. The summed E-state index contributed by atoms with van der Waals surface area (Å²) in [6, 6.07) is 0. The topological polar surface area (TPSA) is 88.6 Å². The van der Waals surface area contributed by atoms with Gasteiger partial charge in [-0.05, 0) is 27.7 Å². The molecular weight excluding hydrogens is 261 g/mol. The van der Waals surface area contributed by atoms with E-state index in [1.807, 2.05) is 33.9 Å². The van der Waals surface area contributed by atoms with Crippen molar-refractivity contribution in [3.05, 3.63) is 12.4 Å². The molecule has 1 aromatic rings.